The summed E-state index contributed by atoms with van der Waals surface area (Å²) in [5, 5.41) is 16.3. The van der Waals surface area contributed by atoms with Gasteiger partial charge in [-0.05, 0) is 222 Å². The lowest BCUT2D eigenvalue weighted by atomic mass is 9.73. The maximum Gasteiger partial charge on any atom is 0.111 e. The Morgan fingerprint density at radius 3 is 1.07 bits per heavy atom. The Morgan fingerprint density at radius 1 is 0.316 bits per heavy atom. The van der Waals surface area contributed by atoms with Crippen LogP contribution < -0.4 is 21.3 Å². The van der Waals surface area contributed by atoms with Crippen molar-refractivity contribution in [1.82, 2.24) is 40.9 Å². The van der Waals surface area contributed by atoms with Gasteiger partial charge in [-0.1, -0.05) is 77.0 Å². The van der Waals surface area contributed by atoms with Gasteiger partial charge in [0.1, 0.15) is 12.5 Å². The lowest BCUT2D eigenvalue weighted by Crippen LogP contribution is -2.55. The minimum absolute atomic E-state index is 0.243. The second kappa shape index (κ2) is 23.3. The van der Waals surface area contributed by atoms with Crippen LogP contribution in [0.4, 0.5) is 0 Å². The summed E-state index contributed by atoms with van der Waals surface area (Å²) in [6, 6.07) is 11.1. The Kier molecular flexibility index (Phi) is 16.1. The minimum Gasteiger partial charge on any atom is -0.358 e. The van der Waals surface area contributed by atoms with Gasteiger partial charge in [0.2, 0.25) is 0 Å². The van der Waals surface area contributed by atoms with Crippen molar-refractivity contribution in [2.45, 2.75) is 353 Å². The van der Waals surface area contributed by atoms with Crippen molar-refractivity contribution >= 4 is 0 Å². The molecule has 15 fully saturated rings. The molecule has 9 aliphatic carbocycles. The van der Waals surface area contributed by atoms with Gasteiger partial charge in [0.05, 0.1) is 12.2 Å². The van der Waals surface area contributed by atoms with Gasteiger partial charge < -0.3 is 20.1 Å². The first-order valence-corrected chi connectivity index (χ1v) is 35.0. The smallest absolute Gasteiger partial charge is 0.111 e. The molecule has 15 rings (SSSR count). The number of rotatable bonds is 10. The van der Waals surface area contributed by atoms with Crippen molar-refractivity contribution in [3.05, 3.63) is 0 Å². The molecule has 0 spiro atoms. The number of nitrogens with zero attached hydrogens (tertiary/aromatic N) is 4. The van der Waals surface area contributed by atoms with Crippen LogP contribution in [0.15, 0.2) is 0 Å². The maximum atomic E-state index is 7.14. The maximum absolute atomic E-state index is 7.14. The molecule has 10 heteroatoms. The molecule has 6 heterocycles. The quantitative estimate of drug-likeness (QED) is 0.170. The molecule has 10 nitrogen and oxygen atoms in total. The van der Waals surface area contributed by atoms with Crippen LogP contribution in [0.1, 0.15) is 244 Å². The van der Waals surface area contributed by atoms with Crippen LogP contribution in [0.5, 0.6) is 0 Å². The number of fused-ring (bicyclic) bond motifs is 8. The van der Waals surface area contributed by atoms with Crippen molar-refractivity contribution in [2.24, 2.45) is 35.5 Å². The fraction of sp³-hybridized carbons (Fsp3) is 1.00. The zero-order valence-electron chi connectivity index (χ0n) is 48.2. The van der Waals surface area contributed by atoms with Crippen molar-refractivity contribution in [3.63, 3.8) is 0 Å². The average molecular weight is 1050 g/mol. The summed E-state index contributed by atoms with van der Waals surface area (Å²) in [6.45, 7) is 5.02. The SMILES string of the molecule is C1CCC(N(C2CCCCC2)C2CCC3C(C2)C2CNCCC2N3C2CCC(C3NC4CC5NC(C6CCC(N7C8CCNCC8C8CC(N(C9CCCCC9)C9CCCCC9)CCC87)CC6)OC5CC4O3)CC2)CC1. The van der Waals surface area contributed by atoms with E-state index in [2.05, 4.69) is 40.9 Å². The monoisotopic (exact) mass is 1050 g/mol. The van der Waals surface area contributed by atoms with Crippen molar-refractivity contribution < 1.29 is 9.47 Å². The standard InChI is InChI=1S/C66H112N8O2/c1-5-13-45(14-6-1)71(46-15-7-2-8-16-46)51-29-31-59-53(37-51)55-41-67-35-33-61(55)73(59)49-25-21-43(22-26-49)65-69-57-39-58-64(40-63(57)75-65)76-66(70-58)44-23-27-50(28-24-44)74-60-32-30-52(38-54(60)56-42-68-36-34-62(56)74)72(47-17-9-3-10-18-47)48-19-11-4-12-20-48/h43-70H,1-42H2. The van der Waals surface area contributed by atoms with E-state index in [4.69, 9.17) is 9.47 Å². The van der Waals surface area contributed by atoms with Gasteiger partial charge in [0, 0.05) is 91.0 Å². The van der Waals surface area contributed by atoms with E-state index in [1.807, 2.05) is 0 Å². The summed E-state index contributed by atoms with van der Waals surface area (Å²) in [4.78, 5) is 13.0. The van der Waals surface area contributed by atoms with Crippen molar-refractivity contribution in [3.8, 4) is 0 Å². The van der Waals surface area contributed by atoms with E-state index in [1.165, 1.54) is 264 Å². The van der Waals surface area contributed by atoms with E-state index in [1.54, 1.807) is 0 Å². The van der Waals surface area contributed by atoms with Crippen LogP contribution in [0.2, 0.25) is 0 Å². The third-order valence-electron chi connectivity index (χ3n) is 26.6. The topological polar surface area (TPSA) is 79.5 Å². The van der Waals surface area contributed by atoms with E-state index >= 15 is 0 Å². The van der Waals surface area contributed by atoms with Crippen LogP contribution in [-0.2, 0) is 9.47 Å². The molecule has 6 aliphatic heterocycles. The summed E-state index contributed by atoms with van der Waals surface area (Å²) < 4.78 is 14.3. The van der Waals surface area contributed by atoms with E-state index in [0.29, 0.717) is 36.1 Å². The molecule has 9 saturated carbocycles. The largest absolute Gasteiger partial charge is 0.358 e. The third kappa shape index (κ3) is 10.1. The number of hydrogen-bond acceptors (Lipinski definition) is 10. The molecule has 16 unspecified atom stereocenters. The number of likely N-dealkylation sites (tertiary alicyclic amines) is 2. The van der Waals surface area contributed by atoms with Crippen LogP contribution in [0.25, 0.3) is 0 Å². The highest BCUT2D eigenvalue weighted by atomic mass is 16.5. The summed E-state index contributed by atoms with van der Waals surface area (Å²) in [5.41, 5.74) is 0. The summed E-state index contributed by atoms with van der Waals surface area (Å²) in [7, 11) is 0. The molecular weight excluding hydrogens is 937 g/mol. The third-order valence-corrected chi connectivity index (χ3v) is 26.6. The van der Waals surface area contributed by atoms with E-state index in [0.717, 1.165) is 103 Å². The molecule has 428 valence electrons. The first-order chi connectivity index (χ1) is 37.7. The number of ether oxygens (including phenoxy) is 2. The fourth-order valence-corrected chi connectivity index (χ4v) is 23.3. The van der Waals surface area contributed by atoms with Gasteiger partial charge in [-0.25, -0.2) is 0 Å². The number of piperidine rings is 2. The lowest BCUT2D eigenvalue weighted by molar-refractivity contribution is -0.0678. The number of hydrogen-bond donors (Lipinski definition) is 4. The highest BCUT2D eigenvalue weighted by molar-refractivity contribution is 5.12. The molecule has 0 aromatic rings. The predicted octanol–water partition coefficient (Wildman–Crippen LogP) is 10.9. The van der Waals surface area contributed by atoms with Gasteiger partial charge in [-0.2, -0.15) is 0 Å². The first-order valence-electron chi connectivity index (χ1n) is 35.0. The van der Waals surface area contributed by atoms with E-state index in [-0.39, 0.29) is 12.5 Å². The summed E-state index contributed by atoms with van der Waals surface area (Å²) in [6.07, 6.45) is 55.5. The molecule has 0 amide bonds. The predicted molar refractivity (Wildman–Crippen MR) is 306 cm³/mol. The Labute approximate surface area is 463 Å². The normalized spacial score (nSPS) is 48.6. The molecule has 6 saturated heterocycles. The van der Waals surface area contributed by atoms with Crippen LogP contribution in [0.3, 0.4) is 0 Å². The van der Waals surface area contributed by atoms with E-state index < -0.39 is 0 Å². The lowest BCUT2D eigenvalue weighted by Gasteiger charge is -2.50. The van der Waals surface area contributed by atoms with Gasteiger partial charge >= 0.3 is 0 Å². The highest BCUT2D eigenvalue weighted by Crippen LogP contribution is 2.53. The number of nitrogens with one attached hydrogen (secondary N) is 4. The Bertz CT molecular complexity index is 1680. The molecule has 0 aromatic carbocycles. The van der Waals surface area contributed by atoms with E-state index in [9.17, 15) is 0 Å². The fourth-order valence-electron chi connectivity index (χ4n) is 23.3. The zero-order chi connectivity index (χ0) is 50.1. The second-order valence-corrected chi connectivity index (χ2v) is 30.1. The zero-order valence-corrected chi connectivity index (χ0v) is 48.2. The average Bonchev–Trinajstić information content (AvgIpc) is 4.32. The summed E-state index contributed by atoms with van der Waals surface area (Å²) in [5.74, 6) is 4.87. The molecule has 4 N–H and O–H groups in total. The molecular formula is C66H112N8O2. The molecule has 15 aliphatic rings. The van der Waals surface area contributed by atoms with Gasteiger partial charge in [-0.3, -0.25) is 30.2 Å². The van der Waals surface area contributed by atoms with Crippen LogP contribution in [-0.4, -0.2) is 155 Å². The van der Waals surface area contributed by atoms with Gasteiger partial charge in [-0.15, -0.1) is 0 Å². The Balaban J connectivity index is 0.533. The first kappa shape index (κ1) is 52.4. The molecule has 16 atom stereocenters. The Morgan fingerprint density at radius 2 is 0.684 bits per heavy atom. The van der Waals surface area contributed by atoms with Crippen molar-refractivity contribution in [1.29, 1.82) is 0 Å². The molecule has 0 aromatic heterocycles. The van der Waals surface area contributed by atoms with Crippen LogP contribution >= 0.6 is 0 Å². The van der Waals surface area contributed by atoms with Gasteiger partial charge in [0.15, 0.2) is 0 Å². The van der Waals surface area contributed by atoms with Gasteiger partial charge in [0.25, 0.3) is 0 Å². The van der Waals surface area contributed by atoms with Crippen LogP contribution in [0, 0.1) is 35.5 Å². The molecule has 0 bridgehead atoms. The minimum atomic E-state index is 0.243. The Hall–Kier alpha value is -0.400. The second-order valence-electron chi connectivity index (χ2n) is 30.1. The highest BCUT2D eigenvalue weighted by Gasteiger charge is 2.58. The summed E-state index contributed by atoms with van der Waals surface area (Å²) >= 11 is 0. The molecule has 76 heavy (non-hydrogen) atoms. The van der Waals surface area contributed by atoms with Crippen molar-refractivity contribution in [2.75, 3.05) is 26.2 Å². The molecule has 0 radical (unpaired) electrons.